The molecule has 0 radical (unpaired) electrons. The van der Waals surface area contributed by atoms with Gasteiger partial charge >= 0.3 is 0 Å². The van der Waals surface area contributed by atoms with Crippen LogP contribution in [0.3, 0.4) is 0 Å². The number of ether oxygens (including phenoxy) is 2. The van der Waals surface area contributed by atoms with Crippen molar-refractivity contribution in [3.63, 3.8) is 0 Å². The molecule has 0 aliphatic carbocycles. The zero-order chi connectivity index (χ0) is 20.7. The zero-order valence-electron chi connectivity index (χ0n) is 16.6. The van der Waals surface area contributed by atoms with Crippen molar-refractivity contribution in [3.8, 4) is 33.8 Å². The fourth-order valence-corrected chi connectivity index (χ4v) is 3.76. The van der Waals surface area contributed by atoms with Gasteiger partial charge in [-0.25, -0.2) is 9.37 Å². The summed E-state index contributed by atoms with van der Waals surface area (Å²) in [7, 11) is 1.57. The van der Waals surface area contributed by atoms with E-state index in [0.717, 1.165) is 35.4 Å². The molecule has 1 aliphatic heterocycles. The second-order valence-electron chi connectivity index (χ2n) is 6.98. The number of methoxy groups -OCH3 is 1. The Kier molecular flexibility index (Phi) is 4.46. The first-order chi connectivity index (χ1) is 14.7. The Labute approximate surface area is 172 Å². The Morgan fingerprint density at radius 3 is 2.93 bits per heavy atom. The van der Waals surface area contributed by atoms with Crippen LogP contribution in [0.4, 0.5) is 10.1 Å². The number of benzene rings is 2. The molecule has 30 heavy (non-hydrogen) atoms. The molecule has 0 saturated heterocycles. The van der Waals surface area contributed by atoms with Crippen LogP contribution in [-0.2, 0) is 6.54 Å². The molecule has 0 saturated carbocycles. The predicted molar refractivity (Wildman–Crippen MR) is 112 cm³/mol. The summed E-state index contributed by atoms with van der Waals surface area (Å²) < 4.78 is 28.2. The highest BCUT2D eigenvalue weighted by Crippen LogP contribution is 2.42. The van der Waals surface area contributed by atoms with Crippen LogP contribution in [0.25, 0.3) is 33.4 Å². The Hall–Kier alpha value is -3.68. The van der Waals surface area contributed by atoms with E-state index in [1.807, 2.05) is 23.6 Å². The van der Waals surface area contributed by atoms with Crippen molar-refractivity contribution >= 4 is 16.9 Å². The number of fused-ring (bicyclic) bond motifs is 2. The summed E-state index contributed by atoms with van der Waals surface area (Å²) in [4.78, 5) is 4.50. The van der Waals surface area contributed by atoms with E-state index in [0.29, 0.717) is 34.9 Å². The highest BCUT2D eigenvalue weighted by molar-refractivity contribution is 5.91. The average Bonchev–Trinajstić information content (AvgIpc) is 3.22. The van der Waals surface area contributed by atoms with Crippen LogP contribution in [-0.4, -0.2) is 40.0 Å². The molecule has 7 nitrogen and oxygen atoms in total. The first kappa shape index (κ1) is 18.4. The van der Waals surface area contributed by atoms with Crippen LogP contribution < -0.4 is 14.8 Å². The molecule has 8 heteroatoms. The highest BCUT2D eigenvalue weighted by Gasteiger charge is 2.19. The minimum absolute atomic E-state index is 0.349. The summed E-state index contributed by atoms with van der Waals surface area (Å²) in [6, 6.07) is 8.62. The van der Waals surface area contributed by atoms with Crippen LogP contribution in [0.1, 0.15) is 6.92 Å². The summed E-state index contributed by atoms with van der Waals surface area (Å²) in [5.74, 6) is 0.894. The van der Waals surface area contributed by atoms with Gasteiger partial charge in [0.2, 0.25) is 0 Å². The lowest BCUT2D eigenvalue weighted by molar-refractivity contribution is 0.322. The second kappa shape index (κ2) is 7.29. The molecule has 0 unspecified atom stereocenters. The highest BCUT2D eigenvalue weighted by atomic mass is 19.1. The van der Waals surface area contributed by atoms with E-state index in [1.165, 1.54) is 6.07 Å². The van der Waals surface area contributed by atoms with Crippen LogP contribution in [0, 0.1) is 5.82 Å². The maximum atomic E-state index is 14.9. The lowest BCUT2D eigenvalue weighted by atomic mass is 9.97. The van der Waals surface area contributed by atoms with Crippen molar-refractivity contribution in [2.75, 3.05) is 25.6 Å². The molecule has 4 aromatic rings. The molecule has 2 aromatic heterocycles. The minimum atomic E-state index is -0.349. The summed E-state index contributed by atoms with van der Waals surface area (Å²) in [6.07, 6.45) is 3.40. The number of hydrogen-bond donors (Lipinski definition) is 1. The van der Waals surface area contributed by atoms with Gasteiger partial charge in [0.1, 0.15) is 29.4 Å². The third-order valence-electron chi connectivity index (χ3n) is 5.29. The number of nitrogens with zero attached hydrogens (tertiary/aromatic N) is 4. The molecule has 3 heterocycles. The maximum Gasteiger partial charge on any atom is 0.183 e. The van der Waals surface area contributed by atoms with Gasteiger partial charge in [0.15, 0.2) is 5.65 Å². The van der Waals surface area contributed by atoms with E-state index in [-0.39, 0.29) is 5.82 Å². The van der Waals surface area contributed by atoms with Gasteiger partial charge in [-0.2, -0.15) is 5.10 Å². The standard InChI is InChI=1S/C22H20FN5O2/c1-3-28-12-25-21-16(11-26-27-22(21)28)13-4-5-17(23)14(8-13)15-9-20-18(10-19(15)29-2)24-6-7-30-20/h4-5,8-12,24H,3,6-7H2,1-2H3. The number of anilines is 1. The van der Waals surface area contributed by atoms with Gasteiger partial charge in [0.05, 0.1) is 25.3 Å². The SMILES string of the molecule is CCn1cnc2c(-c3ccc(F)c(-c4cc5c(cc4OC)NCCO5)c3)cnnc21. The van der Waals surface area contributed by atoms with Crippen LogP contribution in [0.15, 0.2) is 42.9 Å². The monoisotopic (exact) mass is 405 g/mol. The number of hydrogen-bond acceptors (Lipinski definition) is 6. The van der Waals surface area contributed by atoms with Gasteiger partial charge in [0.25, 0.3) is 0 Å². The van der Waals surface area contributed by atoms with Crippen LogP contribution in [0.2, 0.25) is 0 Å². The van der Waals surface area contributed by atoms with Gasteiger partial charge < -0.3 is 19.4 Å². The maximum absolute atomic E-state index is 14.9. The third-order valence-corrected chi connectivity index (χ3v) is 5.29. The molecule has 0 fully saturated rings. The quantitative estimate of drug-likeness (QED) is 0.550. The predicted octanol–water partition coefficient (Wildman–Crippen LogP) is 4.13. The zero-order valence-corrected chi connectivity index (χ0v) is 16.6. The molecule has 0 bridgehead atoms. The van der Waals surface area contributed by atoms with E-state index in [1.54, 1.807) is 31.8 Å². The van der Waals surface area contributed by atoms with Gasteiger partial charge in [-0.15, -0.1) is 5.10 Å². The van der Waals surface area contributed by atoms with Crippen molar-refractivity contribution in [1.82, 2.24) is 19.7 Å². The van der Waals surface area contributed by atoms with E-state index in [9.17, 15) is 4.39 Å². The topological polar surface area (TPSA) is 74.1 Å². The largest absolute Gasteiger partial charge is 0.496 e. The van der Waals surface area contributed by atoms with E-state index in [2.05, 4.69) is 20.5 Å². The van der Waals surface area contributed by atoms with Crippen LogP contribution >= 0.6 is 0 Å². The number of halogens is 1. The fourth-order valence-electron chi connectivity index (χ4n) is 3.76. The summed E-state index contributed by atoms with van der Waals surface area (Å²) >= 11 is 0. The van der Waals surface area contributed by atoms with E-state index >= 15 is 0 Å². The molecule has 2 aromatic carbocycles. The second-order valence-corrected chi connectivity index (χ2v) is 6.98. The Bertz CT molecular complexity index is 1250. The first-order valence-electron chi connectivity index (χ1n) is 9.75. The molecule has 5 rings (SSSR count). The van der Waals surface area contributed by atoms with Crippen molar-refractivity contribution in [2.45, 2.75) is 13.5 Å². The molecule has 152 valence electrons. The summed E-state index contributed by atoms with van der Waals surface area (Å²) in [5.41, 5.74) is 4.90. The number of aromatic nitrogens is 4. The molecular formula is C22H20FN5O2. The molecule has 1 N–H and O–H groups in total. The fraction of sp³-hybridized carbons (Fsp3) is 0.227. The van der Waals surface area contributed by atoms with Crippen molar-refractivity contribution < 1.29 is 13.9 Å². The smallest absolute Gasteiger partial charge is 0.183 e. The number of nitrogens with one attached hydrogen (secondary N) is 1. The normalized spacial score (nSPS) is 12.9. The van der Waals surface area contributed by atoms with Gasteiger partial charge in [-0.05, 0) is 30.7 Å². The Morgan fingerprint density at radius 1 is 1.20 bits per heavy atom. The first-order valence-corrected chi connectivity index (χ1v) is 9.75. The number of imidazole rings is 1. The molecule has 0 amide bonds. The van der Waals surface area contributed by atoms with Crippen molar-refractivity contribution in [1.29, 1.82) is 0 Å². The minimum Gasteiger partial charge on any atom is -0.496 e. The third kappa shape index (κ3) is 2.92. The molecule has 1 aliphatic rings. The van der Waals surface area contributed by atoms with E-state index < -0.39 is 0 Å². The van der Waals surface area contributed by atoms with Crippen molar-refractivity contribution in [2.24, 2.45) is 0 Å². The Balaban J connectivity index is 1.68. The summed E-state index contributed by atoms with van der Waals surface area (Å²) in [6.45, 7) is 4.03. The lowest BCUT2D eigenvalue weighted by Gasteiger charge is -2.22. The number of aryl methyl sites for hydroxylation is 1. The summed E-state index contributed by atoms with van der Waals surface area (Å²) in [5, 5.41) is 11.6. The molecule has 0 spiro atoms. The van der Waals surface area contributed by atoms with Gasteiger partial charge in [-0.1, -0.05) is 6.07 Å². The van der Waals surface area contributed by atoms with Gasteiger partial charge in [0, 0.05) is 35.8 Å². The molecular weight excluding hydrogens is 385 g/mol. The molecule has 0 atom stereocenters. The average molecular weight is 405 g/mol. The number of rotatable bonds is 4. The van der Waals surface area contributed by atoms with Crippen molar-refractivity contribution in [3.05, 3.63) is 48.7 Å². The van der Waals surface area contributed by atoms with Gasteiger partial charge in [-0.3, -0.25) is 0 Å². The lowest BCUT2D eigenvalue weighted by Crippen LogP contribution is -2.18. The van der Waals surface area contributed by atoms with E-state index in [4.69, 9.17) is 9.47 Å². The van der Waals surface area contributed by atoms with Crippen LogP contribution in [0.5, 0.6) is 11.5 Å². The Morgan fingerprint density at radius 2 is 2.10 bits per heavy atom.